The molecule has 3 aromatic rings. The van der Waals surface area contributed by atoms with Crippen molar-refractivity contribution < 1.29 is 5.11 Å². The Bertz CT molecular complexity index is 790. The van der Waals surface area contributed by atoms with Crippen LogP contribution in [0.5, 0.6) is 0 Å². The Balaban J connectivity index is 2.16. The first kappa shape index (κ1) is 13.6. The summed E-state index contributed by atoms with van der Waals surface area (Å²) in [6.45, 7) is 4.51. The minimum Gasteiger partial charge on any atom is -0.399 e. The molecule has 108 valence electrons. The van der Waals surface area contributed by atoms with Crippen molar-refractivity contribution in [1.82, 2.24) is 9.55 Å². The molecule has 3 N–H and O–H groups in total. The van der Waals surface area contributed by atoms with Gasteiger partial charge in [0.1, 0.15) is 11.9 Å². The van der Waals surface area contributed by atoms with E-state index in [0.29, 0.717) is 18.1 Å². The third-order valence-corrected chi connectivity index (χ3v) is 3.77. The number of imidazole rings is 1. The highest BCUT2D eigenvalue weighted by atomic mass is 16.3. The van der Waals surface area contributed by atoms with E-state index in [0.717, 1.165) is 11.0 Å². The van der Waals surface area contributed by atoms with Gasteiger partial charge in [0, 0.05) is 12.2 Å². The summed E-state index contributed by atoms with van der Waals surface area (Å²) < 4.78 is 2.06. The number of nitrogens with zero attached hydrogens (tertiary/aromatic N) is 2. The number of hydrogen-bond donors (Lipinski definition) is 2. The van der Waals surface area contributed by atoms with E-state index in [9.17, 15) is 5.11 Å². The lowest BCUT2D eigenvalue weighted by Crippen LogP contribution is -2.08. The van der Waals surface area contributed by atoms with Crippen LogP contribution in [0.2, 0.25) is 0 Å². The molecule has 4 nitrogen and oxygen atoms in total. The molecule has 2 aromatic carbocycles. The Hall–Kier alpha value is -2.33. The van der Waals surface area contributed by atoms with Gasteiger partial charge in [-0.2, -0.15) is 0 Å². The molecule has 0 aliphatic rings. The SMILES string of the molecule is Cc1ccccc1Cn1c(C(C)O)nc2cc(N)ccc21. The first-order chi connectivity index (χ1) is 10.1. The fourth-order valence-corrected chi connectivity index (χ4v) is 2.61. The van der Waals surface area contributed by atoms with E-state index in [2.05, 4.69) is 28.6 Å². The predicted molar refractivity (Wildman–Crippen MR) is 85.1 cm³/mol. The molecular weight excluding hydrogens is 262 g/mol. The molecule has 3 rings (SSSR count). The van der Waals surface area contributed by atoms with E-state index in [-0.39, 0.29) is 0 Å². The van der Waals surface area contributed by atoms with Gasteiger partial charge in [0.25, 0.3) is 0 Å². The largest absolute Gasteiger partial charge is 0.399 e. The normalized spacial score (nSPS) is 12.7. The van der Waals surface area contributed by atoms with E-state index >= 15 is 0 Å². The number of nitrogens with two attached hydrogens (primary N) is 1. The van der Waals surface area contributed by atoms with E-state index < -0.39 is 6.10 Å². The Labute approximate surface area is 123 Å². The average molecular weight is 281 g/mol. The summed E-state index contributed by atoms with van der Waals surface area (Å²) in [7, 11) is 0. The number of aliphatic hydroxyl groups is 1. The fourth-order valence-electron chi connectivity index (χ4n) is 2.61. The van der Waals surface area contributed by atoms with Crippen LogP contribution >= 0.6 is 0 Å². The van der Waals surface area contributed by atoms with Crippen molar-refractivity contribution in [2.45, 2.75) is 26.5 Å². The van der Waals surface area contributed by atoms with Crippen LogP contribution in [0.1, 0.15) is 30.0 Å². The molecular formula is C17H19N3O. The van der Waals surface area contributed by atoms with Crippen molar-refractivity contribution in [3.63, 3.8) is 0 Å². The third-order valence-electron chi connectivity index (χ3n) is 3.77. The Morgan fingerprint density at radius 3 is 2.71 bits per heavy atom. The van der Waals surface area contributed by atoms with Crippen molar-refractivity contribution in [3.05, 3.63) is 59.4 Å². The van der Waals surface area contributed by atoms with Gasteiger partial charge in [0.15, 0.2) is 0 Å². The van der Waals surface area contributed by atoms with Gasteiger partial charge in [-0.25, -0.2) is 4.98 Å². The first-order valence-corrected chi connectivity index (χ1v) is 7.04. The van der Waals surface area contributed by atoms with Gasteiger partial charge in [-0.3, -0.25) is 0 Å². The van der Waals surface area contributed by atoms with E-state index in [1.807, 2.05) is 30.3 Å². The summed E-state index contributed by atoms with van der Waals surface area (Å²) in [5.74, 6) is 0.666. The number of aryl methyl sites for hydroxylation is 1. The lowest BCUT2D eigenvalue weighted by Gasteiger charge is -2.12. The molecule has 0 spiro atoms. The summed E-state index contributed by atoms with van der Waals surface area (Å²) in [6.07, 6.45) is -0.623. The van der Waals surface area contributed by atoms with Crippen molar-refractivity contribution in [2.24, 2.45) is 0 Å². The highest BCUT2D eigenvalue weighted by Gasteiger charge is 2.15. The summed E-state index contributed by atoms with van der Waals surface area (Å²) in [6, 6.07) is 13.9. The Morgan fingerprint density at radius 2 is 2.00 bits per heavy atom. The molecule has 1 heterocycles. The smallest absolute Gasteiger partial charge is 0.138 e. The topological polar surface area (TPSA) is 64.1 Å². The van der Waals surface area contributed by atoms with Gasteiger partial charge in [0.05, 0.1) is 11.0 Å². The second kappa shape index (κ2) is 5.22. The number of fused-ring (bicyclic) bond motifs is 1. The Kier molecular flexibility index (Phi) is 3.39. The molecule has 0 aliphatic carbocycles. The van der Waals surface area contributed by atoms with Crippen molar-refractivity contribution in [3.8, 4) is 0 Å². The molecule has 4 heteroatoms. The van der Waals surface area contributed by atoms with Gasteiger partial charge in [-0.05, 0) is 43.2 Å². The molecule has 0 bridgehead atoms. The number of nitrogen functional groups attached to an aromatic ring is 1. The number of aromatic nitrogens is 2. The quantitative estimate of drug-likeness (QED) is 0.725. The van der Waals surface area contributed by atoms with Crippen LogP contribution in [0, 0.1) is 6.92 Å². The standard InChI is InChI=1S/C17H19N3O/c1-11-5-3-4-6-13(11)10-20-16-8-7-14(18)9-15(16)19-17(20)12(2)21/h3-9,12,21H,10,18H2,1-2H3. The zero-order chi connectivity index (χ0) is 15.0. The van der Waals surface area contributed by atoms with E-state index in [1.165, 1.54) is 11.1 Å². The molecule has 0 aliphatic heterocycles. The van der Waals surface area contributed by atoms with Crippen LogP contribution in [-0.2, 0) is 6.54 Å². The van der Waals surface area contributed by atoms with Crippen LogP contribution < -0.4 is 5.73 Å². The minimum atomic E-state index is -0.623. The molecule has 1 atom stereocenters. The van der Waals surface area contributed by atoms with Crippen molar-refractivity contribution in [2.75, 3.05) is 5.73 Å². The number of benzene rings is 2. The van der Waals surface area contributed by atoms with Gasteiger partial charge in [-0.1, -0.05) is 24.3 Å². The molecule has 0 saturated heterocycles. The number of anilines is 1. The maximum absolute atomic E-state index is 10.0. The number of aliphatic hydroxyl groups excluding tert-OH is 1. The zero-order valence-electron chi connectivity index (χ0n) is 12.2. The average Bonchev–Trinajstić information content (AvgIpc) is 2.79. The molecule has 0 fully saturated rings. The highest BCUT2D eigenvalue weighted by molar-refractivity contribution is 5.79. The molecule has 1 unspecified atom stereocenters. The summed E-state index contributed by atoms with van der Waals surface area (Å²) in [5, 5.41) is 10.0. The fraction of sp³-hybridized carbons (Fsp3) is 0.235. The van der Waals surface area contributed by atoms with Crippen molar-refractivity contribution >= 4 is 16.7 Å². The monoisotopic (exact) mass is 281 g/mol. The summed E-state index contributed by atoms with van der Waals surface area (Å²) in [5.41, 5.74) is 10.8. The first-order valence-electron chi connectivity index (χ1n) is 7.04. The van der Waals surface area contributed by atoms with Crippen molar-refractivity contribution in [1.29, 1.82) is 0 Å². The highest BCUT2D eigenvalue weighted by Crippen LogP contribution is 2.24. The van der Waals surface area contributed by atoms with Gasteiger partial charge in [-0.15, -0.1) is 0 Å². The number of hydrogen-bond acceptors (Lipinski definition) is 3. The zero-order valence-corrected chi connectivity index (χ0v) is 12.2. The maximum atomic E-state index is 10.0. The van der Waals surface area contributed by atoms with Crippen LogP contribution in [0.3, 0.4) is 0 Å². The molecule has 1 aromatic heterocycles. The third kappa shape index (κ3) is 2.50. The van der Waals surface area contributed by atoms with Gasteiger partial charge in [0.2, 0.25) is 0 Å². The maximum Gasteiger partial charge on any atom is 0.138 e. The van der Waals surface area contributed by atoms with E-state index in [1.54, 1.807) is 6.92 Å². The van der Waals surface area contributed by atoms with Crippen LogP contribution in [0.4, 0.5) is 5.69 Å². The molecule has 0 radical (unpaired) electrons. The van der Waals surface area contributed by atoms with E-state index in [4.69, 9.17) is 5.73 Å². The summed E-state index contributed by atoms with van der Waals surface area (Å²) >= 11 is 0. The molecule has 0 amide bonds. The molecule has 21 heavy (non-hydrogen) atoms. The lowest BCUT2D eigenvalue weighted by molar-refractivity contribution is 0.185. The Morgan fingerprint density at radius 1 is 1.24 bits per heavy atom. The molecule has 0 saturated carbocycles. The van der Waals surface area contributed by atoms with Gasteiger partial charge >= 0.3 is 0 Å². The second-order valence-corrected chi connectivity index (χ2v) is 5.41. The number of rotatable bonds is 3. The summed E-state index contributed by atoms with van der Waals surface area (Å²) in [4.78, 5) is 4.53. The van der Waals surface area contributed by atoms with Crippen LogP contribution in [0.15, 0.2) is 42.5 Å². The van der Waals surface area contributed by atoms with Crippen LogP contribution in [0.25, 0.3) is 11.0 Å². The predicted octanol–water partition coefficient (Wildman–Crippen LogP) is 3.03. The second-order valence-electron chi connectivity index (χ2n) is 5.41. The van der Waals surface area contributed by atoms with Gasteiger partial charge < -0.3 is 15.4 Å². The minimum absolute atomic E-state index is 0.623. The van der Waals surface area contributed by atoms with Crippen LogP contribution in [-0.4, -0.2) is 14.7 Å². The lowest BCUT2D eigenvalue weighted by atomic mass is 10.1.